The summed E-state index contributed by atoms with van der Waals surface area (Å²) >= 11 is 0. The van der Waals surface area contributed by atoms with Crippen molar-refractivity contribution >= 4 is 0 Å². The first-order valence-electron chi connectivity index (χ1n) is 8.21. The Hall–Kier alpha value is -0.160. The minimum atomic E-state index is 0.212. The van der Waals surface area contributed by atoms with E-state index in [0.29, 0.717) is 24.3 Å². The molecule has 1 saturated carbocycles. The summed E-state index contributed by atoms with van der Waals surface area (Å²) in [6.07, 6.45) is 8.64. The summed E-state index contributed by atoms with van der Waals surface area (Å²) in [5.74, 6) is 0.869. The Bertz CT molecular complexity index is 337. The SMILES string of the molecule is CC1CCC2NC3OC[C@@H]4CCCCN4C3NC2C1. The Labute approximate surface area is 116 Å². The van der Waals surface area contributed by atoms with E-state index in [1.165, 1.54) is 45.1 Å². The molecule has 4 fully saturated rings. The molecule has 0 spiro atoms. The second kappa shape index (κ2) is 4.99. The van der Waals surface area contributed by atoms with Crippen molar-refractivity contribution in [2.75, 3.05) is 13.2 Å². The first-order chi connectivity index (χ1) is 9.31. The largest absolute Gasteiger partial charge is 0.359 e. The average molecular weight is 265 g/mol. The molecule has 0 bridgehead atoms. The maximum Gasteiger partial charge on any atom is 0.137 e. The number of hydrogen-bond acceptors (Lipinski definition) is 4. The van der Waals surface area contributed by atoms with Gasteiger partial charge in [0.25, 0.3) is 0 Å². The van der Waals surface area contributed by atoms with Crippen LogP contribution in [0.2, 0.25) is 0 Å². The van der Waals surface area contributed by atoms with E-state index >= 15 is 0 Å². The molecule has 0 amide bonds. The van der Waals surface area contributed by atoms with Crippen LogP contribution in [0.1, 0.15) is 45.4 Å². The molecule has 4 nitrogen and oxygen atoms in total. The van der Waals surface area contributed by atoms with Gasteiger partial charge in [0.2, 0.25) is 0 Å². The molecular weight excluding hydrogens is 238 g/mol. The first kappa shape index (κ1) is 12.6. The molecule has 4 rings (SSSR count). The summed E-state index contributed by atoms with van der Waals surface area (Å²) in [5.41, 5.74) is 0. The van der Waals surface area contributed by atoms with Crippen LogP contribution in [0.4, 0.5) is 0 Å². The predicted octanol–water partition coefficient (Wildman–Crippen LogP) is 1.27. The van der Waals surface area contributed by atoms with Gasteiger partial charge in [0.15, 0.2) is 0 Å². The number of rotatable bonds is 0. The van der Waals surface area contributed by atoms with E-state index < -0.39 is 0 Å². The fourth-order valence-electron chi connectivity index (χ4n) is 4.57. The Morgan fingerprint density at radius 3 is 2.95 bits per heavy atom. The molecular formula is C15H27N3O. The maximum absolute atomic E-state index is 6.11. The van der Waals surface area contributed by atoms with Crippen molar-refractivity contribution in [2.24, 2.45) is 5.92 Å². The number of morpholine rings is 1. The molecule has 2 N–H and O–H groups in total. The van der Waals surface area contributed by atoms with E-state index in [-0.39, 0.29) is 6.23 Å². The van der Waals surface area contributed by atoms with Gasteiger partial charge in [0.05, 0.1) is 6.61 Å². The van der Waals surface area contributed by atoms with Gasteiger partial charge < -0.3 is 4.74 Å². The number of nitrogens with one attached hydrogen (secondary N) is 2. The number of fused-ring (bicyclic) bond motifs is 4. The minimum absolute atomic E-state index is 0.212. The average Bonchev–Trinajstić information content (AvgIpc) is 2.45. The Kier molecular flexibility index (Phi) is 3.30. The van der Waals surface area contributed by atoms with E-state index in [0.717, 1.165) is 12.5 Å². The van der Waals surface area contributed by atoms with Gasteiger partial charge in [-0.15, -0.1) is 0 Å². The fourth-order valence-corrected chi connectivity index (χ4v) is 4.57. The topological polar surface area (TPSA) is 36.5 Å². The lowest BCUT2D eigenvalue weighted by molar-refractivity contribution is -0.162. The molecule has 3 aliphatic heterocycles. The third-order valence-corrected chi connectivity index (χ3v) is 5.66. The summed E-state index contributed by atoms with van der Waals surface area (Å²) in [6, 6.07) is 1.93. The molecule has 5 unspecified atom stereocenters. The quantitative estimate of drug-likeness (QED) is 0.692. The lowest BCUT2D eigenvalue weighted by atomic mass is 9.81. The molecule has 0 aromatic rings. The second-order valence-electron chi connectivity index (χ2n) is 7.05. The van der Waals surface area contributed by atoms with Gasteiger partial charge in [-0.1, -0.05) is 13.3 Å². The monoisotopic (exact) mass is 265 g/mol. The van der Waals surface area contributed by atoms with Gasteiger partial charge >= 0.3 is 0 Å². The number of nitrogens with zero attached hydrogens (tertiary/aromatic N) is 1. The van der Waals surface area contributed by atoms with Crippen molar-refractivity contribution in [3.05, 3.63) is 0 Å². The Morgan fingerprint density at radius 2 is 2.00 bits per heavy atom. The van der Waals surface area contributed by atoms with Crippen LogP contribution >= 0.6 is 0 Å². The van der Waals surface area contributed by atoms with Gasteiger partial charge in [-0.2, -0.15) is 0 Å². The molecule has 6 atom stereocenters. The third kappa shape index (κ3) is 2.23. The van der Waals surface area contributed by atoms with Crippen molar-refractivity contribution in [2.45, 2.75) is 76.0 Å². The number of piperazine rings is 1. The highest BCUT2D eigenvalue weighted by Crippen LogP contribution is 2.32. The third-order valence-electron chi connectivity index (χ3n) is 5.66. The summed E-state index contributed by atoms with van der Waals surface area (Å²) in [6.45, 7) is 4.56. The lowest BCUT2D eigenvalue weighted by Crippen LogP contribution is -2.76. The van der Waals surface area contributed by atoms with Crippen LogP contribution in [-0.4, -0.2) is 48.6 Å². The van der Waals surface area contributed by atoms with Crippen LogP contribution in [0.5, 0.6) is 0 Å². The van der Waals surface area contributed by atoms with Crippen LogP contribution in [0.3, 0.4) is 0 Å². The number of piperidine rings is 1. The van der Waals surface area contributed by atoms with E-state index in [1.807, 2.05) is 0 Å². The second-order valence-corrected chi connectivity index (χ2v) is 7.05. The normalized spacial score (nSPS) is 51.0. The van der Waals surface area contributed by atoms with Crippen molar-refractivity contribution < 1.29 is 4.74 Å². The Balaban J connectivity index is 1.50. The molecule has 19 heavy (non-hydrogen) atoms. The summed E-state index contributed by atoms with van der Waals surface area (Å²) in [4.78, 5) is 2.68. The first-order valence-corrected chi connectivity index (χ1v) is 8.21. The summed E-state index contributed by atoms with van der Waals surface area (Å²) in [7, 11) is 0. The van der Waals surface area contributed by atoms with Crippen LogP contribution in [0, 0.1) is 5.92 Å². The maximum atomic E-state index is 6.11. The van der Waals surface area contributed by atoms with Gasteiger partial charge in [0, 0.05) is 24.7 Å². The predicted molar refractivity (Wildman–Crippen MR) is 74.7 cm³/mol. The summed E-state index contributed by atoms with van der Waals surface area (Å²) < 4.78 is 6.11. The highest BCUT2D eigenvalue weighted by molar-refractivity contribution is 5.00. The minimum Gasteiger partial charge on any atom is -0.359 e. The molecule has 1 aliphatic carbocycles. The standard InChI is InChI=1S/C15H27N3O/c1-10-5-6-12-13(8-10)16-14-15(17-12)19-9-11-4-2-3-7-18(11)14/h10-17H,2-9H2,1H3/t10?,11-,12?,13?,14?,15?/m0/s1. The van der Waals surface area contributed by atoms with Crippen LogP contribution in [0.25, 0.3) is 0 Å². The number of ether oxygens (including phenoxy) is 1. The van der Waals surface area contributed by atoms with Gasteiger partial charge in [0.1, 0.15) is 12.4 Å². The van der Waals surface area contributed by atoms with Crippen LogP contribution in [-0.2, 0) is 4.74 Å². The summed E-state index contributed by atoms with van der Waals surface area (Å²) in [5, 5.41) is 7.71. The van der Waals surface area contributed by atoms with Gasteiger partial charge in [-0.25, -0.2) is 0 Å². The van der Waals surface area contributed by atoms with E-state index in [4.69, 9.17) is 4.74 Å². The van der Waals surface area contributed by atoms with Crippen LogP contribution < -0.4 is 10.6 Å². The molecule has 4 heteroatoms. The molecule has 4 aliphatic rings. The van der Waals surface area contributed by atoms with Crippen molar-refractivity contribution in [1.29, 1.82) is 0 Å². The smallest absolute Gasteiger partial charge is 0.137 e. The molecule has 108 valence electrons. The highest BCUT2D eigenvalue weighted by Gasteiger charge is 2.46. The highest BCUT2D eigenvalue weighted by atomic mass is 16.5. The van der Waals surface area contributed by atoms with Crippen molar-refractivity contribution in [1.82, 2.24) is 15.5 Å². The Morgan fingerprint density at radius 1 is 1.05 bits per heavy atom. The lowest BCUT2D eigenvalue weighted by Gasteiger charge is -2.55. The van der Waals surface area contributed by atoms with Crippen molar-refractivity contribution in [3.63, 3.8) is 0 Å². The van der Waals surface area contributed by atoms with Gasteiger partial charge in [-0.3, -0.25) is 15.5 Å². The molecule has 3 heterocycles. The van der Waals surface area contributed by atoms with E-state index in [2.05, 4.69) is 22.5 Å². The van der Waals surface area contributed by atoms with Crippen molar-refractivity contribution in [3.8, 4) is 0 Å². The zero-order chi connectivity index (χ0) is 12.8. The zero-order valence-electron chi connectivity index (χ0n) is 12.0. The molecule has 0 aromatic heterocycles. The van der Waals surface area contributed by atoms with E-state index in [9.17, 15) is 0 Å². The van der Waals surface area contributed by atoms with Gasteiger partial charge in [-0.05, 0) is 38.0 Å². The fraction of sp³-hybridized carbons (Fsp3) is 1.00. The van der Waals surface area contributed by atoms with E-state index in [1.54, 1.807) is 0 Å². The van der Waals surface area contributed by atoms with Crippen LogP contribution in [0.15, 0.2) is 0 Å². The molecule has 0 radical (unpaired) electrons. The number of hydrogen-bond donors (Lipinski definition) is 2. The zero-order valence-corrected chi connectivity index (χ0v) is 12.0. The molecule has 3 saturated heterocycles. The molecule has 0 aromatic carbocycles.